The van der Waals surface area contributed by atoms with Gasteiger partial charge in [-0.25, -0.2) is 0 Å². The standard InChI is InChI=1S/C15H23NOS/c1-2-3-4-8-11-15(18)16-14(17)12-13-9-6-5-7-10-13/h5-7,9-10,14,17H,2-4,8,11-12H2,1H3,(H,16,18). The molecule has 0 spiro atoms. The Hall–Kier alpha value is -0.930. The SMILES string of the molecule is CCCCCCC(=S)NC(O)Cc1ccccc1. The number of hydrogen-bond donors (Lipinski definition) is 2. The van der Waals surface area contributed by atoms with Crippen LogP contribution in [-0.2, 0) is 6.42 Å². The Labute approximate surface area is 115 Å². The van der Waals surface area contributed by atoms with Gasteiger partial charge in [-0.2, -0.15) is 0 Å². The van der Waals surface area contributed by atoms with E-state index in [1.165, 1.54) is 19.3 Å². The van der Waals surface area contributed by atoms with Crippen LogP contribution in [0, 0.1) is 0 Å². The van der Waals surface area contributed by atoms with E-state index in [9.17, 15) is 5.11 Å². The molecule has 1 unspecified atom stereocenters. The van der Waals surface area contributed by atoms with E-state index in [2.05, 4.69) is 12.2 Å². The van der Waals surface area contributed by atoms with E-state index in [1.54, 1.807) is 0 Å². The van der Waals surface area contributed by atoms with E-state index in [0.29, 0.717) is 6.42 Å². The van der Waals surface area contributed by atoms with E-state index >= 15 is 0 Å². The summed E-state index contributed by atoms with van der Waals surface area (Å²) in [5.74, 6) is 0. The zero-order chi connectivity index (χ0) is 13.2. The second kappa shape index (κ2) is 9.06. The number of thiocarbonyl (C=S) groups is 1. The van der Waals surface area contributed by atoms with Crippen molar-refractivity contribution in [2.45, 2.75) is 51.7 Å². The van der Waals surface area contributed by atoms with Gasteiger partial charge in [-0.15, -0.1) is 0 Å². The quantitative estimate of drug-likeness (QED) is 0.429. The third-order valence-electron chi connectivity index (χ3n) is 2.86. The van der Waals surface area contributed by atoms with Crippen LogP contribution in [0.1, 0.15) is 44.6 Å². The molecule has 0 aliphatic carbocycles. The molecule has 1 aromatic rings. The highest BCUT2D eigenvalue weighted by molar-refractivity contribution is 7.80. The minimum Gasteiger partial charge on any atom is -0.373 e. The molecule has 0 bridgehead atoms. The molecule has 0 saturated carbocycles. The fourth-order valence-corrected chi connectivity index (χ4v) is 2.14. The summed E-state index contributed by atoms with van der Waals surface area (Å²) in [6.07, 6.45) is 5.71. The summed E-state index contributed by atoms with van der Waals surface area (Å²) in [4.78, 5) is 0.773. The van der Waals surface area contributed by atoms with Crippen LogP contribution in [0.4, 0.5) is 0 Å². The maximum atomic E-state index is 9.88. The van der Waals surface area contributed by atoms with Gasteiger partial charge in [-0.05, 0) is 18.4 Å². The molecule has 1 atom stereocenters. The molecule has 0 fully saturated rings. The van der Waals surface area contributed by atoms with Crippen molar-refractivity contribution in [2.75, 3.05) is 0 Å². The normalized spacial score (nSPS) is 12.1. The van der Waals surface area contributed by atoms with Crippen molar-refractivity contribution < 1.29 is 5.11 Å². The molecule has 100 valence electrons. The second-order valence-electron chi connectivity index (χ2n) is 4.58. The minimum atomic E-state index is -0.578. The molecule has 0 aromatic heterocycles. The lowest BCUT2D eigenvalue weighted by Gasteiger charge is -2.15. The molecule has 0 heterocycles. The topological polar surface area (TPSA) is 32.3 Å². The van der Waals surface area contributed by atoms with Crippen molar-refractivity contribution in [3.05, 3.63) is 35.9 Å². The van der Waals surface area contributed by atoms with Gasteiger partial charge in [-0.3, -0.25) is 0 Å². The Morgan fingerprint density at radius 2 is 1.94 bits per heavy atom. The van der Waals surface area contributed by atoms with E-state index < -0.39 is 6.23 Å². The maximum Gasteiger partial charge on any atom is 0.128 e. The van der Waals surface area contributed by atoms with Gasteiger partial charge >= 0.3 is 0 Å². The molecule has 2 nitrogen and oxygen atoms in total. The van der Waals surface area contributed by atoms with Crippen molar-refractivity contribution in [1.82, 2.24) is 5.32 Å². The number of unbranched alkanes of at least 4 members (excludes halogenated alkanes) is 3. The lowest BCUT2D eigenvalue weighted by molar-refractivity contribution is 0.160. The molecule has 1 aromatic carbocycles. The summed E-state index contributed by atoms with van der Waals surface area (Å²) < 4.78 is 0. The molecule has 2 N–H and O–H groups in total. The fourth-order valence-electron chi connectivity index (χ4n) is 1.86. The largest absolute Gasteiger partial charge is 0.373 e. The third kappa shape index (κ3) is 6.72. The molecule has 3 heteroatoms. The average Bonchev–Trinajstić information content (AvgIpc) is 2.35. The predicted molar refractivity (Wildman–Crippen MR) is 80.6 cm³/mol. The van der Waals surface area contributed by atoms with Crippen LogP contribution >= 0.6 is 12.2 Å². The van der Waals surface area contributed by atoms with Crippen molar-refractivity contribution in [3.8, 4) is 0 Å². The molecule has 0 aliphatic rings. The van der Waals surface area contributed by atoms with Crippen LogP contribution in [0.15, 0.2) is 30.3 Å². The Bertz CT molecular complexity index is 340. The molecular weight excluding hydrogens is 242 g/mol. The van der Waals surface area contributed by atoms with E-state index in [1.807, 2.05) is 30.3 Å². The number of hydrogen-bond acceptors (Lipinski definition) is 2. The minimum absolute atomic E-state index is 0.578. The predicted octanol–water partition coefficient (Wildman–Crippen LogP) is 3.43. The van der Waals surface area contributed by atoms with E-state index in [-0.39, 0.29) is 0 Å². The van der Waals surface area contributed by atoms with Crippen LogP contribution in [-0.4, -0.2) is 16.3 Å². The fraction of sp³-hybridized carbons (Fsp3) is 0.533. The summed E-state index contributed by atoms with van der Waals surface area (Å²) in [5, 5.41) is 12.9. The average molecular weight is 265 g/mol. The smallest absolute Gasteiger partial charge is 0.128 e. The number of aliphatic hydroxyl groups excluding tert-OH is 1. The number of benzene rings is 1. The number of aliphatic hydroxyl groups is 1. The second-order valence-corrected chi connectivity index (χ2v) is 5.08. The molecule has 18 heavy (non-hydrogen) atoms. The van der Waals surface area contributed by atoms with Gasteiger partial charge in [0.25, 0.3) is 0 Å². The highest BCUT2D eigenvalue weighted by Crippen LogP contribution is 2.05. The van der Waals surface area contributed by atoms with Gasteiger partial charge in [0.05, 0.1) is 4.99 Å². The van der Waals surface area contributed by atoms with E-state index in [4.69, 9.17) is 12.2 Å². The summed E-state index contributed by atoms with van der Waals surface area (Å²) >= 11 is 5.22. The monoisotopic (exact) mass is 265 g/mol. The van der Waals surface area contributed by atoms with Crippen LogP contribution in [0.25, 0.3) is 0 Å². The summed E-state index contributed by atoms with van der Waals surface area (Å²) in [6, 6.07) is 9.95. The lowest BCUT2D eigenvalue weighted by Crippen LogP contribution is -2.34. The molecule has 0 amide bonds. The molecule has 0 radical (unpaired) electrons. The van der Waals surface area contributed by atoms with Crippen molar-refractivity contribution in [2.24, 2.45) is 0 Å². The lowest BCUT2D eigenvalue weighted by atomic mass is 10.1. The van der Waals surface area contributed by atoms with Gasteiger partial charge in [0.1, 0.15) is 6.23 Å². The first kappa shape index (κ1) is 15.1. The summed E-state index contributed by atoms with van der Waals surface area (Å²) in [5.41, 5.74) is 1.12. The highest BCUT2D eigenvalue weighted by Gasteiger charge is 2.06. The van der Waals surface area contributed by atoms with E-state index in [0.717, 1.165) is 23.4 Å². The van der Waals surface area contributed by atoms with Gasteiger partial charge in [0.2, 0.25) is 0 Å². The molecule has 0 saturated heterocycles. The highest BCUT2D eigenvalue weighted by atomic mass is 32.1. The summed E-state index contributed by atoms with van der Waals surface area (Å²) in [6.45, 7) is 2.19. The van der Waals surface area contributed by atoms with Crippen LogP contribution < -0.4 is 5.32 Å². The van der Waals surface area contributed by atoms with Gasteiger partial charge < -0.3 is 10.4 Å². The van der Waals surface area contributed by atoms with Crippen molar-refractivity contribution in [1.29, 1.82) is 0 Å². The van der Waals surface area contributed by atoms with Crippen LogP contribution in [0.5, 0.6) is 0 Å². The third-order valence-corrected chi connectivity index (χ3v) is 3.18. The van der Waals surface area contributed by atoms with Crippen molar-refractivity contribution >= 4 is 17.2 Å². The van der Waals surface area contributed by atoms with Gasteiger partial charge in [0, 0.05) is 6.42 Å². The number of rotatable bonds is 8. The maximum absolute atomic E-state index is 9.88. The molecule has 1 rings (SSSR count). The first-order valence-electron chi connectivity index (χ1n) is 6.73. The van der Waals surface area contributed by atoms with Gasteiger partial charge in [-0.1, -0.05) is 68.7 Å². The van der Waals surface area contributed by atoms with Gasteiger partial charge in [0.15, 0.2) is 0 Å². The Morgan fingerprint density at radius 3 is 2.61 bits per heavy atom. The molecular formula is C15H23NOS. The molecule has 0 aliphatic heterocycles. The first-order valence-corrected chi connectivity index (χ1v) is 7.14. The Morgan fingerprint density at radius 1 is 1.22 bits per heavy atom. The van der Waals surface area contributed by atoms with Crippen molar-refractivity contribution in [3.63, 3.8) is 0 Å². The van der Waals surface area contributed by atoms with Crippen LogP contribution in [0.2, 0.25) is 0 Å². The Balaban J connectivity index is 2.19. The Kier molecular flexibility index (Phi) is 7.62. The zero-order valence-corrected chi connectivity index (χ0v) is 11.9. The van der Waals surface area contributed by atoms with Crippen LogP contribution in [0.3, 0.4) is 0 Å². The first-order chi connectivity index (χ1) is 8.72. The summed E-state index contributed by atoms with van der Waals surface area (Å²) in [7, 11) is 0. The number of nitrogens with one attached hydrogen (secondary N) is 1. The zero-order valence-electron chi connectivity index (χ0n) is 11.1.